The van der Waals surface area contributed by atoms with Crippen LogP contribution in [0.25, 0.3) is 0 Å². The van der Waals surface area contributed by atoms with Crippen LogP contribution in [0.5, 0.6) is 0 Å². The SMILES string of the molecule is Cc1ccccc1CNC(=O)NC[C@H]1CCN(C2CCN(C)CC2)C1. The first kappa shape index (κ1) is 18.2. The Kier molecular flexibility index (Phi) is 6.32. The molecule has 2 amide bonds. The molecule has 2 saturated heterocycles. The van der Waals surface area contributed by atoms with Crippen LogP contribution < -0.4 is 10.6 Å². The molecule has 0 bridgehead atoms. The zero-order valence-electron chi connectivity index (χ0n) is 15.6. The third-order valence-corrected chi connectivity index (χ3v) is 5.77. The Morgan fingerprint density at radius 1 is 1.12 bits per heavy atom. The summed E-state index contributed by atoms with van der Waals surface area (Å²) < 4.78 is 0. The Morgan fingerprint density at radius 2 is 1.88 bits per heavy atom. The van der Waals surface area contributed by atoms with Crippen molar-refractivity contribution in [2.75, 3.05) is 39.8 Å². The molecule has 3 rings (SSSR count). The first-order valence-corrected chi connectivity index (χ1v) is 9.60. The summed E-state index contributed by atoms with van der Waals surface area (Å²) in [6, 6.07) is 8.86. The van der Waals surface area contributed by atoms with E-state index in [0.29, 0.717) is 12.5 Å². The highest BCUT2D eigenvalue weighted by Gasteiger charge is 2.30. The van der Waals surface area contributed by atoms with Crippen molar-refractivity contribution in [1.29, 1.82) is 0 Å². The van der Waals surface area contributed by atoms with Crippen molar-refractivity contribution in [2.45, 2.75) is 38.8 Å². The fraction of sp³-hybridized carbons (Fsp3) is 0.650. The highest BCUT2D eigenvalue weighted by molar-refractivity contribution is 5.73. The van der Waals surface area contributed by atoms with Crippen LogP contribution in [0, 0.1) is 12.8 Å². The molecule has 0 aromatic heterocycles. The lowest BCUT2D eigenvalue weighted by molar-refractivity contribution is 0.140. The van der Waals surface area contributed by atoms with Crippen molar-refractivity contribution >= 4 is 6.03 Å². The van der Waals surface area contributed by atoms with Gasteiger partial charge in [-0.25, -0.2) is 4.79 Å². The molecule has 138 valence electrons. The quantitative estimate of drug-likeness (QED) is 0.861. The van der Waals surface area contributed by atoms with Gasteiger partial charge in [-0.1, -0.05) is 24.3 Å². The number of nitrogens with zero attached hydrogens (tertiary/aromatic N) is 2. The van der Waals surface area contributed by atoms with Gasteiger partial charge in [-0.3, -0.25) is 4.90 Å². The van der Waals surface area contributed by atoms with Gasteiger partial charge in [-0.05, 0) is 69.9 Å². The van der Waals surface area contributed by atoms with Gasteiger partial charge in [0.05, 0.1) is 0 Å². The number of likely N-dealkylation sites (tertiary alicyclic amines) is 2. The Labute approximate surface area is 151 Å². The van der Waals surface area contributed by atoms with Crippen LogP contribution in [0.1, 0.15) is 30.4 Å². The van der Waals surface area contributed by atoms with Crippen molar-refractivity contribution in [3.05, 3.63) is 35.4 Å². The van der Waals surface area contributed by atoms with Crippen molar-refractivity contribution in [1.82, 2.24) is 20.4 Å². The minimum Gasteiger partial charge on any atom is -0.338 e. The molecule has 0 radical (unpaired) electrons. The highest BCUT2D eigenvalue weighted by Crippen LogP contribution is 2.23. The van der Waals surface area contributed by atoms with Gasteiger partial charge >= 0.3 is 6.03 Å². The molecular weight excluding hydrogens is 312 g/mol. The summed E-state index contributed by atoms with van der Waals surface area (Å²) in [7, 11) is 2.21. The van der Waals surface area contributed by atoms with Gasteiger partial charge in [0, 0.05) is 25.7 Å². The lowest BCUT2D eigenvalue weighted by Crippen LogP contribution is -2.43. The van der Waals surface area contributed by atoms with Crippen LogP contribution in [0.3, 0.4) is 0 Å². The minimum absolute atomic E-state index is 0.0546. The zero-order chi connectivity index (χ0) is 17.6. The van der Waals surface area contributed by atoms with Gasteiger partial charge in [-0.15, -0.1) is 0 Å². The summed E-state index contributed by atoms with van der Waals surface area (Å²) in [5.74, 6) is 0.587. The first-order valence-electron chi connectivity index (χ1n) is 9.60. The smallest absolute Gasteiger partial charge is 0.315 e. The van der Waals surface area contributed by atoms with Crippen LogP contribution in [0.2, 0.25) is 0 Å². The van der Waals surface area contributed by atoms with E-state index >= 15 is 0 Å². The summed E-state index contributed by atoms with van der Waals surface area (Å²) in [6.07, 6.45) is 3.77. The third kappa shape index (κ3) is 5.19. The van der Waals surface area contributed by atoms with Gasteiger partial charge < -0.3 is 15.5 Å². The molecule has 1 aromatic carbocycles. The maximum atomic E-state index is 12.1. The van der Waals surface area contributed by atoms with E-state index in [1.807, 2.05) is 12.1 Å². The Balaban J connectivity index is 1.35. The summed E-state index contributed by atoms with van der Waals surface area (Å²) in [5.41, 5.74) is 2.39. The Hall–Kier alpha value is -1.59. The molecule has 2 heterocycles. The number of aryl methyl sites for hydroxylation is 1. The minimum atomic E-state index is -0.0546. The summed E-state index contributed by atoms with van der Waals surface area (Å²) in [4.78, 5) is 17.1. The number of hydrogen-bond acceptors (Lipinski definition) is 3. The van der Waals surface area contributed by atoms with Gasteiger partial charge in [0.2, 0.25) is 0 Å². The summed E-state index contributed by atoms with van der Waals surface area (Å²) >= 11 is 0. The molecule has 2 aliphatic rings. The fourth-order valence-corrected chi connectivity index (χ4v) is 4.00. The number of nitrogens with one attached hydrogen (secondary N) is 2. The van der Waals surface area contributed by atoms with E-state index in [1.165, 1.54) is 50.0 Å². The second kappa shape index (κ2) is 8.68. The molecule has 2 fully saturated rings. The maximum absolute atomic E-state index is 12.1. The van der Waals surface area contributed by atoms with Crippen LogP contribution in [0.15, 0.2) is 24.3 Å². The van der Waals surface area contributed by atoms with E-state index in [9.17, 15) is 4.79 Å². The fourth-order valence-electron chi connectivity index (χ4n) is 4.00. The molecule has 0 aliphatic carbocycles. The topological polar surface area (TPSA) is 47.6 Å². The molecule has 0 spiro atoms. The zero-order valence-corrected chi connectivity index (χ0v) is 15.6. The number of carbonyl (C=O) groups excluding carboxylic acids is 1. The van der Waals surface area contributed by atoms with E-state index in [0.717, 1.165) is 19.1 Å². The number of amides is 2. The summed E-state index contributed by atoms with van der Waals surface area (Å²) in [6.45, 7) is 8.19. The number of hydrogen-bond donors (Lipinski definition) is 2. The van der Waals surface area contributed by atoms with E-state index in [2.05, 4.69) is 46.5 Å². The largest absolute Gasteiger partial charge is 0.338 e. The number of piperidine rings is 1. The van der Waals surface area contributed by atoms with Crippen molar-refractivity contribution in [2.24, 2.45) is 5.92 Å². The van der Waals surface area contributed by atoms with Crippen LogP contribution in [0.4, 0.5) is 4.79 Å². The molecular formula is C20H32N4O. The highest BCUT2D eigenvalue weighted by atomic mass is 16.2. The third-order valence-electron chi connectivity index (χ3n) is 5.77. The summed E-state index contributed by atoms with van der Waals surface area (Å²) in [5, 5.41) is 6.03. The van der Waals surface area contributed by atoms with Gasteiger partial charge in [0.15, 0.2) is 0 Å². The number of benzene rings is 1. The van der Waals surface area contributed by atoms with Crippen molar-refractivity contribution < 1.29 is 4.79 Å². The monoisotopic (exact) mass is 344 g/mol. The number of urea groups is 1. The van der Waals surface area contributed by atoms with E-state index in [1.54, 1.807) is 0 Å². The van der Waals surface area contributed by atoms with E-state index in [-0.39, 0.29) is 6.03 Å². The molecule has 2 aliphatic heterocycles. The van der Waals surface area contributed by atoms with Crippen molar-refractivity contribution in [3.8, 4) is 0 Å². The predicted octanol–water partition coefficient (Wildman–Crippen LogP) is 2.21. The molecule has 0 saturated carbocycles. The standard InChI is InChI=1S/C20H32N4O/c1-16-5-3-4-6-18(16)14-22-20(25)21-13-17-7-12-24(15-17)19-8-10-23(2)11-9-19/h3-6,17,19H,7-15H2,1-2H3,(H2,21,22,25)/t17-/m1/s1. The maximum Gasteiger partial charge on any atom is 0.315 e. The molecule has 1 atom stereocenters. The average Bonchev–Trinajstić information content (AvgIpc) is 3.09. The second-order valence-electron chi connectivity index (χ2n) is 7.67. The van der Waals surface area contributed by atoms with Crippen LogP contribution in [-0.2, 0) is 6.54 Å². The molecule has 2 N–H and O–H groups in total. The normalized spacial score (nSPS) is 22.9. The van der Waals surface area contributed by atoms with Crippen LogP contribution in [-0.4, -0.2) is 61.6 Å². The van der Waals surface area contributed by atoms with Crippen LogP contribution >= 0.6 is 0 Å². The van der Waals surface area contributed by atoms with E-state index < -0.39 is 0 Å². The number of rotatable bonds is 5. The van der Waals surface area contributed by atoms with Gasteiger partial charge in [0.25, 0.3) is 0 Å². The second-order valence-corrected chi connectivity index (χ2v) is 7.67. The Morgan fingerprint density at radius 3 is 2.64 bits per heavy atom. The average molecular weight is 345 g/mol. The first-order chi connectivity index (χ1) is 12.1. The van der Waals surface area contributed by atoms with Gasteiger partial charge in [-0.2, -0.15) is 0 Å². The lowest BCUT2D eigenvalue weighted by atomic mass is 10.0. The van der Waals surface area contributed by atoms with Crippen molar-refractivity contribution in [3.63, 3.8) is 0 Å². The Bertz CT molecular complexity index is 569. The lowest BCUT2D eigenvalue weighted by Gasteiger charge is -2.35. The molecule has 0 unspecified atom stereocenters. The predicted molar refractivity (Wildman–Crippen MR) is 102 cm³/mol. The number of carbonyl (C=O) groups is 1. The molecule has 1 aromatic rings. The molecule has 5 nitrogen and oxygen atoms in total. The molecule has 5 heteroatoms. The van der Waals surface area contributed by atoms with Gasteiger partial charge in [0.1, 0.15) is 0 Å². The molecule has 25 heavy (non-hydrogen) atoms. The van der Waals surface area contributed by atoms with E-state index in [4.69, 9.17) is 0 Å².